The van der Waals surface area contributed by atoms with E-state index < -0.39 is 17.6 Å². The van der Waals surface area contributed by atoms with Crippen LogP contribution in [0.1, 0.15) is 34.1 Å². The third kappa shape index (κ3) is 2.33. The fourth-order valence-electron chi connectivity index (χ4n) is 1.93. The van der Waals surface area contributed by atoms with Crippen LogP contribution in [0.25, 0.3) is 0 Å². The van der Waals surface area contributed by atoms with Crippen LogP contribution in [0.4, 0.5) is 4.39 Å². The van der Waals surface area contributed by atoms with Crippen LogP contribution in [0.2, 0.25) is 0 Å². The Hall–Kier alpha value is -2.24. The fraction of sp³-hybridized carbons (Fsp3) is 0.308. The lowest BCUT2D eigenvalue weighted by Gasteiger charge is -2.13. The van der Waals surface area contributed by atoms with Gasteiger partial charge in [-0.3, -0.25) is 19.3 Å². The molecule has 1 aliphatic rings. The first-order valence-corrected chi connectivity index (χ1v) is 5.97. The number of nitrogens with zero attached hydrogens (tertiary/aromatic N) is 1. The van der Waals surface area contributed by atoms with Crippen LogP contribution in [0, 0.1) is 5.82 Å². The molecule has 0 radical (unpaired) electrons. The van der Waals surface area contributed by atoms with Crippen LogP contribution in [-0.4, -0.2) is 35.7 Å². The van der Waals surface area contributed by atoms with E-state index in [9.17, 15) is 18.8 Å². The van der Waals surface area contributed by atoms with E-state index >= 15 is 0 Å². The highest BCUT2D eigenvalue weighted by molar-refractivity contribution is 6.21. The van der Waals surface area contributed by atoms with E-state index in [1.54, 1.807) is 6.92 Å². The highest BCUT2D eigenvalue weighted by Gasteiger charge is 2.37. The van der Waals surface area contributed by atoms with Crippen molar-refractivity contribution in [2.24, 2.45) is 0 Å². The largest absolute Gasteiger partial charge is 0.354 e. The number of hydrogen-bond acceptors (Lipinski definition) is 3. The summed E-state index contributed by atoms with van der Waals surface area (Å²) < 4.78 is 13.5. The standard InChI is InChI=1S/C13H13FN2O3/c1-2-10(17)15-6-7-16-12(18)8-4-3-5-9(14)11(8)13(16)19/h3-5H,2,6-7H2,1H3,(H,15,17). The number of hydrogen-bond donors (Lipinski definition) is 1. The topological polar surface area (TPSA) is 66.5 Å². The van der Waals surface area contributed by atoms with Crippen molar-refractivity contribution < 1.29 is 18.8 Å². The molecule has 1 aromatic rings. The second kappa shape index (κ2) is 5.17. The molecular formula is C13H13FN2O3. The van der Waals surface area contributed by atoms with Gasteiger partial charge >= 0.3 is 0 Å². The molecule has 0 saturated carbocycles. The highest BCUT2D eigenvalue weighted by atomic mass is 19.1. The molecule has 6 heteroatoms. The maximum absolute atomic E-state index is 13.5. The Morgan fingerprint density at radius 2 is 2.05 bits per heavy atom. The molecule has 0 unspecified atom stereocenters. The van der Waals surface area contributed by atoms with E-state index in [2.05, 4.69) is 5.32 Å². The van der Waals surface area contributed by atoms with Gasteiger partial charge in [-0.15, -0.1) is 0 Å². The first kappa shape index (κ1) is 13.2. The Balaban J connectivity index is 2.10. The summed E-state index contributed by atoms with van der Waals surface area (Å²) in [6, 6.07) is 3.96. The van der Waals surface area contributed by atoms with Gasteiger partial charge in [0, 0.05) is 19.5 Å². The molecule has 0 spiro atoms. The van der Waals surface area contributed by atoms with Crippen LogP contribution >= 0.6 is 0 Å². The predicted octanol–water partition coefficient (Wildman–Crippen LogP) is 0.948. The Bertz CT molecular complexity index is 557. The number of rotatable bonds is 4. The van der Waals surface area contributed by atoms with Crippen molar-refractivity contribution in [1.29, 1.82) is 0 Å². The zero-order valence-electron chi connectivity index (χ0n) is 10.4. The molecule has 100 valence electrons. The minimum atomic E-state index is -0.698. The van der Waals surface area contributed by atoms with Gasteiger partial charge < -0.3 is 5.32 Å². The molecule has 1 aromatic carbocycles. The lowest BCUT2D eigenvalue weighted by atomic mass is 10.1. The average Bonchev–Trinajstić information content (AvgIpc) is 2.64. The van der Waals surface area contributed by atoms with Crippen molar-refractivity contribution >= 4 is 17.7 Å². The summed E-state index contributed by atoms with van der Waals surface area (Å²) in [5.41, 5.74) is -0.110. The molecule has 0 bridgehead atoms. The Morgan fingerprint density at radius 3 is 2.68 bits per heavy atom. The van der Waals surface area contributed by atoms with E-state index in [1.807, 2.05) is 0 Å². The molecule has 0 aliphatic carbocycles. The van der Waals surface area contributed by atoms with Gasteiger partial charge in [-0.1, -0.05) is 13.0 Å². The third-order valence-electron chi connectivity index (χ3n) is 2.93. The zero-order chi connectivity index (χ0) is 14.0. The average molecular weight is 264 g/mol. The quantitative estimate of drug-likeness (QED) is 0.823. The van der Waals surface area contributed by atoms with Crippen molar-refractivity contribution in [2.75, 3.05) is 13.1 Å². The van der Waals surface area contributed by atoms with Crippen molar-refractivity contribution in [2.45, 2.75) is 13.3 Å². The summed E-state index contributed by atoms with van der Waals surface area (Å²) >= 11 is 0. The predicted molar refractivity (Wildman–Crippen MR) is 65.1 cm³/mol. The van der Waals surface area contributed by atoms with Gasteiger partial charge in [-0.2, -0.15) is 0 Å². The molecular weight excluding hydrogens is 251 g/mol. The van der Waals surface area contributed by atoms with Gasteiger partial charge in [0.05, 0.1) is 11.1 Å². The van der Waals surface area contributed by atoms with Crippen molar-refractivity contribution in [3.8, 4) is 0 Å². The van der Waals surface area contributed by atoms with E-state index in [0.29, 0.717) is 6.42 Å². The van der Waals surface area contributed by atoms with E-state index in [1.165, 1.54) is 12.1 Å². The second-order valence-corrected chi connectivity index (χ2v) is 4.13. The fourth-order valence-corrected chi connectivity index (χ4v) is 1.93. The summed E-state index contributed by atoms with van der Waals surface area (Å²) in [4.78, 5) is 35.9. The molecule has 1 heterocycles. The van der Waals surface area contributed by atoms with Crippen LogP contribution in [0.15, 0.2) is 18.2 Å². The van der Waals surface area contributed by atoms with Gasteiger partial charge in [-0.05, 0) is 12.1 Å². The summed E-state index contributed by atoms with van der Waals surface area (Å²) in [5, 5.41) is 2.56. The Morgan fingerprint density at radius 1 is 1.32 bits per heavy atom. The molecule has 1 N–H and O–H groups in total. The lowest BCUT2D eigenvalue weighted by Crippen LogP contribution is -2.38. The number of carbonyl (C=O) groups is 3. The van der Waals surface area contributed by atoms with Gasteiger partial charge in [0.25, 0.3) is 11.8 Å². The van der Waals surface area contributed by atoms with Gasteiger partial charge in [0.15, 0.2) is 0 Å². The Kier molecular flexibility index (Phi) is 3.59. The van der Waals surface area contributed by atoms with Crippen molar-refractivity contribution in [3.05, 3.63) is 35.1 Å². The monoisotopic (exact) mass is 264 g/mol. The van der Waals surface area contributed by atoms with Crippen molar-refractivity contribution in [3.63, 3.8) is 0 Å². The van der Waals surface area contributed by atoms with Crippen molar-refractivity contribution in [1.82, 2.24) is 10.2 Å². The molecule has 19 heavy (non-hydrogen) atoms. The number of imide groups is 1. The first-order valence-electron chi connectivity index (χ1n) is 5.97. The molecule has 5 nitrogen and oxygen atoms in total. The zero-order valence-corrected chi connectivity index (χ0v) is 10.4. The number of halogens is 1. The summed E-state index contributed by atoms with van der Waals surface area (Å²) in [7, 11) is 0. The SMILES string of the molecule is CCC(=O)NCCN1C(=O)c2cccc(F)c2C1=O. The van der Waals surface area contributed by atoms with Gasteiger partial charge in [-0.25, -0.2) is 4.39 Å². The minimum absolute atomic E-state index is 0.0392. The van der Waals surface area contributed by atoms with E-state index in [0.717, 1.165) is 11.0 Å². The molecule has 2 rings (SSSR count). The highest BCUT2D eigenvalue weighted by Crippen LogP contribution is 2.24. The molecule has 0 atom stereocenters. The molecule has 0 fully saturated rings. The van der Waals surface area contributed by atoms with Crippen LogP contribution in [0.3, 0.4) is 0 Å². The normalized spacial score (nSPS) is 13.7. The molecule has 1 aliphatic heterocycles. The first-order chi connectivity index (χ1) is 9.06. The maximum Gasteiger partial charge on any atom is 0.264 e. The third-order valence-corrected chi connectivity index (χ3v) is 2.93. The van der Waals surface area contributed by atoms with E-state index in [-0.39, 0.29) is 30.1 Å². The summed E-state index contributed by atoms with van der Waals surface area (Å²) in [5.74, 6) is -2.03. The Labute approximate surface area is 109 Å². The number of fused-ring (bicyclic) bond motifs is 1. The smallest absolute Gasteiger partial charge is 0.264 e. The lowest BCUT2D eigenvalue weighted by molar-refractivity contribution is -0.120. The number of nitrogens with one attached hydrogen (secondary N) is 1. The maximum atomic E-state index is 13.5. The number of carbonyl (C=O) groups excluding carboxylic acids is 3. The van der Waals surface area contributed by atoms with Gasteiger partial charge in [0.1, 0.15) is 5.82 Å². The minimum Gasteiger partial charge on any atom is -0.354 e. The molecule has 3 amide bonds. The van der Waals surface area contributed by atoms with Crippen LogP contribution in [-0.2, 0) is 4.79 Å². The second-order valence-electron chi connectivity index (χ2n) is 4.13. The number of benzene rings is 1. The summed E-state index contributed by atoms with van der Waals surface area (Å²) in [6.07, 6.45) is 0.330. The molecule has 0 saturated heterocycles. The molecule has 0 aromatic heterocycles. The van der Waals surface area contributed by atoms with Crippen LogP contribution < -0.4 is 5.32 Å². The summed E-state index contributed by atoms with van der Waals surface area (Å²) in [6.45, 7) is 1.91. The van der Waals surface area contributed by atoms with E-state index in [4.69, 9.17) is 0 Å². The van der Waals surface area contributed by atoms with Gasteiger partial charge in [0.2, 0.25) is 5.91 Å². The van der Waals surface area contributed by atoms with Crippen LogP contribution in [0.5, 0.6) is 0 Å². The number of amides is 3.